The largest absolute Gasteiger partial charge is 0.393 e. The van der Waals surface area contributed by atoms with E-state index in [2.05, 4.69) is 13.8 Å². The Balaban J connectivity index is 1.53. The van der Waals surface area contributed by atoms with Gasteiger partial charge in [-0.2, -0.15) is 0 Å². The standard InChI is InChI=1S/C21H36O/c1-3-4-15-6-10-20-19-8-5-14-13-16(22)7-9-17(14)18(19)11-12-21(15,20)2/h14-20,22H,3-13H2,1-2H3/t14?,15?,16-,17?,18?,19?,20?,21?/m0/s1. The van der Waals surface area contributed by atoms with Crippen LogP contribution in [-0.4, -0.2) is 11.2 Å². The van der Waals surface area contributed by atoms with Crippen molar-refractivity contribution in [2.75, 3.05) is 0 Å². The molecule has 0 saturated heterocycles. The molecule has 1 heteroatoms. The number of aliphatic hydroxyl groups excluding tert-OH is 1. The van der Waals surface area contributed by atoms with Gasteiger partial charge in [-0.05, 0) is 98.7 Å². The minimum atomic E-state index is 0.0204. The topological polar surface area (TPSA) is 20.2 Å². The van der Waals surface area contributed by atoms with Crippen molar-refractivity contribution in [2.24, 2.45) is 40.9 Å². The molecular weight excluding hydrogens is 268 g/mol. The molecule has 1 N–H and O–H groups in total. The predicted molar refractivity (Wildman–Crippen MR) is 91.5 cm³/mol. The molecule has 0 aliphatic heterocycles. The molecule has 1 nitrogen and oxygen atoms in total. The maximum Gasteiger partial charge on any atom is 0.0543 e. The molecule has 4 rings (SSSR count). The second-order valence-corrected chi connectivity index (χ2v) is 9.51. The Morgan fingerprint density at radius 2 is 1.73 bits per heavy atom. The van der Waals surface area contributed by atoms with Gasteiger partial charge in [0.25, 0.3) is 0 Å². The highest BCUT2D eigenvalue weighted by Gasteiger charge is 2.56. The van der Waals surface area contributed by atoms with E-state index in [4.69, 9.17) is 0 Å². The highest BCUT2D eigenvalue weighted by Crippen LogP contribution is 2.64. The third-order valence-corrected chi connectivity index (χ3v) is 8.76. The van der Waals surface area contributed by atoms with Crippen LogP contribution in [0.25, 0.3) is 0 Å². The Morgan fingerprint density at radius 3 is 2.55 bits per heavy atom. The summed E-state index contributed by atoms with van der Waals surface area (Å²) in [4.78, 5) is 0. The van der Waals surface area contributed by atoms with Crippen LogP contribution in [0.2, 0.25) is 0 Å². The smallest absolute Gasteiger partial charge is 0.0543 e. The SMILES string of the molecule is CCCC1CCC2C3CCC4C[C@@H](O)CCC4C3CCC12C. The summed E-state index contributed by atoms with van der Waals surface area (Å²) in [6, 6.07) is 0. The van der Waals surface area contributed by atoms with Gasteiger partial charge in [-0.15, -0.1) is 0 Å². The van der Waals surface area contributed by atoms with Crippen LogP contribution in [-0.2, 0) is 0 Å². The lowest BCUT2D eigenvalue weighted by Crippen LogP contribution is -2.49. The van der Waals surface area contributed by atoms with Crippen molar-refractivity contribution >= 4 is 0 Å². The van der Waals surface area contributed by atoms with Gasteiger partial charge in [0, 0.05) is 0 Å². The minimum absolute atomic E-state index is 0.0204. The van der Waals surface area contributed by atoms with E-state index in [1.165, 1.54) is 57.8 Å². The Kier molecular flexibility index (Phi) is 4.08. The molecule has 8 atom stereocenters. The zero-order valence-corrected chi connectivity index (χ0v) is 14.8. The number of hydrogen-bond acceptors (Lipinski definition) is 1. The number of aliphatic hydroxyl groups is 1. The first-order chi connectivity index (χ1) is 10.6. The molecule has 7 unspecified atom stereocenters. The maximum atomic E-state index is 10.0. The van der Waals surface area contributed by atoms with E-state index in [1.54, 1.807) is 0 Å². The van der Waals surface area contributed by atoms with E-state index >= 15 is 0 Å². The maximum absolute atomic E-state index is 10.0. The zero-order valence-electron chi connectivity index (χ0n) is 14.8. The fraction of sp³-hybridized carbons (Fsp3) is 1.00. The summed E-state index contributed by atoms with van der Waals surface area (Å²) in [5, 5.41) is 10.0. The van der Waals surface area contributed by atoms with E-state index in [-0.39, 0.29) is 6.10 Å². The van der Waals surface area contributed by atoms with E-state index < -0.39 is 0 Å². The van der Waals surface area contributed by atoms with Crippen LogP contribution in [0.1, 0.15) is 84.5 Å². The molecule has 0 aromatic heterocycles. The van der Waals surface area contributed by atoms with E-state index in [0.717, 1.165) is 48.3 Å². The quantitative estimate of drug-likeness (QED) is 0.722. The fourth-order valence-electron chi connectivity index (χ4n) is 7.76. The molecule has 4 aliphatic carbocycles. The first kappa shape index (κ1) is 15.5. The van der Waals surface area contributed by atoms with Crippen LogP contribution in [0.3, 0.4) is 0 Å². The minimum Gasteiger partial charge on any atom is -0.393 e. The highest BCUT2D eigenvalue weighted by molar-refractivity contribution is 5.05. The van der Waals surface area contributed by atoms with Crippen LogP contribution in [0, 0.1) is 40.9 Å². The summed E-state index contributed by atoms with van der Waals surface area (Å²) in [7, 11) is 0. The van der Waals surface area contributed by atoms with Crippen molar-refractivity contribution in [1.29, 1.82) is 0 Å². The molecule has 4 fully saturated rings. The second-order valence-electron chi connectivity index (χ2n) is 9.51. The Labute approximate surface area is 137 Å². The van der Waals surface area contributed by atoms with Gasteiger partial charge in [-0.3, -0.25) is 0 Å². The van der Waals surface area contributed by atoms with Crippen molar-refractivity contribution in [1.82, 2.24) is 0 Å². The first-order valence-electron chi connectivity index (χ1n) is 10.3. The van der Waals surface area contributed by atoms with Crippen LogP contribution in [0.4, 0.5) is 0 Å². The second kappa shape index (κ2) is 5.80. The van der Waals surface area contributed by atoms with Crippen LogP contribution in [0.15, 0.2) is 0 Å². The van der Waals surface area contributed by atoms with Crippen molar-refractivity contribution < 1.29 is 5.11 Å². The van der Waals surface area contributed by atoms with Crippen molar-refractivity contribution in [3.63, 3.8) is 0 Å². The lowest BCUT2D eigenvalue weighted by Gasteiger charge is -2.56. The summed E-state index contributed by atoms with van der Waals surface area (Å²) in [6.07, 6.45) is 15.4. The van der Waals surface area contributed by atoms with Gasteiger partial charge >= 0.3 is 0 Å². The van der Waals surface area contributed by atoms with Crippen molar-refractivity contribution in [3.05, 3.63) is 0 Å². The van der Waals surface area contributed by atoms with Crippen molar-refractivity contribution in [3.8, 4) is 0 Å². The van der Waals surface area contributed by atoms with E-state index in [9.17, 15) is 5.11 Å². The zero-order chi connectivity index (χ0) is 15.3. The molecule has 126 valence electrons. The average Bonchev–Trinajstić information content (AvgIpc) is 2.84. The van der Waals surface area contributed by atoms with Gasteiger partial charge < -0.3 is 5.11 Å². The molecule has 22 heavy (non-hydrogen) atoms. The molecule has 0 heterocycles. The normalized spacial score (nSPS) is 54.4. The molecule has 4 saturated carbocycles. The summed E-state index contributed by atoms with van der Waals surface area (Å²) >= 11 is 0. The third-order valence-electron chi connectivity index (χ3n) is 8.76. The Hall–Kier alpha value is -0.0400. The van der Waals surface area contributed by atoms with Gasteiger partial charge in [0.15, 0.2) is 0 Å². The van der Waals surface area contributed by atoms with E-state index in [1.807, 2.05) is 0 Å². The van der Waals surface area contributed by atoms with Crippen LogP contribution < -0.4 is 0 Å². The van der Waals surface area contributed by atoms with Gasteiger partial charge in [0.2, 0.25) is 0 Å². The molecular formula is C21H36O. The predicted octanol–water partition coefficient (Wildman–Crippen LogP) is 5.42. The van der Waals surface area contributed by atoms with Gasteiger partial charge in [0.1, 0.15) is 0 Å². The highest BCUT2D eigenvalue weighted by atomic mass is 16.3. The lowest BCUT2D eigenvalue weighted by molar-refractivity contribution is -0.0777. The summed E-state index contributed by atoms with van der Waals surface area (Å²) in [5.41, 5.74) is 0.679. The molecule has 0 amide bonds. The number of hydrogen-bond donors (Lipinski definition) is 1. The molecule has 0 aromatic carbocycles. The van der Waals surface area contributed by atoms with Crippen LogP contribution in [0.5, 0.6) is 0 Å². The molecule has 0 bridgehead atoms. The number of fused-ring (bicyclic) bond motifs is 5. The third kappa shape index (κ3) is 2.29. The molecule has 4 aliphatic rings. The van der Waals surface area contributed by atoms with E-state index in [0.29, 0.717) is 5.41 Å². The summed E-state index contributed by atoms with van der Waals surface area (Å²) in [5.74, 6) is 5.95. The van der Waals surface area contributed by atoms with Gasteiger partial charge in [0.05, 0.1) is 6.10 Å². The average molecular weight is 305 g/mol. The summed E-state index contributed by atoms with van der Waals surface area (Å²) < 4.78 is 0. The van der Waals surface area contributed by atoms with Crippen molar-refractivity contribution in [2.45, 2.75) is 90.6 Å². The monoisotopic (exact) mass is 304 g/mol. The molecule has 0 spiro atoms. The number of rotatable bonds is 2. The molecule has 0 aromatic rings. The van der Waals surface area contributed by atoms with Gasteiger partial charge in [-0.1, -0.05) is 26.7 Å². The van der Waals surface area contributed by atoms with Crippen LogP contribution >= 0.6 is 0 Å². The van der Waals surface area contributed by atoms with Gasteiger partial charge in [-0.25, -0.2) is 0 Å². The fourth-order valence-corrected chi connectivity index (χ4v) is 7.76. The lowest BCUT2D eigenvalue weighted by atomic mass is 9.49. The summed E-state index contributed by atoms with van der Waals surface area (Å²) in [6.45, 7) is 5.04. The Morgan fingerprint density at radius 1 is 0.909 bits per heavy atom. The Bertz CT molecular complexity index is 405. The molecule has 0 radical (unpaired) electrons. The first-order valence-corrected chi connectivity index (χ1v) is 10.3.